The summed E-state index contributed by atoms with van der Waals surface area (Å²) in [5.74, 6) is 2.53. The number of methoxy groups -OCH3 is 3. The maximum absolute atomic E-state index is 14.0. The molecule has 1 N–H and O–H groups in total. The van der Waals surface area contributed by atoms with Crippen molar-refractivity contribution in [1.82, 2.24) is 20.0 Å². The first-order valence-electron chi connectivity index (χ1n) is 29.7. The number of piperidine rings is 2. The fourth-order valence-electron chi connectivity index (χ4n) is 12.6. The third kappa shape index (κ3) is 14.2. The summed E-state index contributed by atoms with van der Waals surface area (Å²) in [5.41, 5.74) is 7.17. The molecule has 13 heteroatoms. The molecule has 0 radical (unpaired) electrons. The zero-order valence-corrected chi connectivity index (χ0v) is 49.2. The summed E-state index contributed by atoms with van der Waals surface area (Å²) in [7, 11) is 5.02. The van der Waals surface area contributed by atoms with E-state index in [-0.39, 0.29) is 35.4 Å². The van der Waals surface area contributed by atoms with Crippen molar-refractivity contribution in [2.45, 2.75) is 121 Å². The Morgan fingerprint density at radius 3 is 1.80 bits per heavy atom. The Morgan fingerprint density at radius 1 is 0.634 bits per heavy atom. The summed E-state index contributed by atoms with van der Waals surface area (Å²) in [5, 5.41) is 3.07. The highest BCUT2D eigenvalue weighted by atomic mass is 16.5. The van der Waals surface area contributed by atoms with Crippen molar-refractivity contribution in [3.63, 3.8) is 0 Å². The highest BCUT2D eigenvalue weighted by Gasteiger charge is 2.43. The number of unbranched alkanes of at least 4 members (excludes halogenated alkanes) is 2. The van der Waals surface area contributed by atoms with Crippen LogP contribution in [-0.4, -0.2) is 130 Å². The van der Waals surface area contributed by atoms with Crippen LogP contribution in [-0.2, 0) is 24.7 Å². The Labute approximate surface area is 486 Å². The van der Waals surface area contributed by atoms with Gasteiger partial charge in [0.15, 0.2) is 0 Å². The van der Waals surface area contributed by atoms with Crippen LogP contribution < -0.4 is 24.4 Å². The maximum atomic E-state index is 14.0. The summed E-state index contributed by atoms with van der Waals surface area (Å²) in [4.78, 5) is 49.6. The second-order valence-corrected chi connectivity index (χ2v) is 22.7. The predicted octanol–water partition coefficient (Wildman–Crippen LogP) is 12.1. The van der Waals surface area contributed by atoms with E-state index in [1.807, 2.05) is 116 Å². The van der Waals surface area contributed by atoms with Crippen LogP contribution in [0.2, 0.25) is 0 Å². The first-order chi connectivity index (χ1) is 39.9. The summed E-state index contributed by atoms with van der Waals surface area (Å²) in [6.45, 7) is 11.8. The number of ether oxygens (including phenoxy) is 5. The highest BCUT2D eigenvalue weighted by molar-refractivity contribution is 5.97. The van der Waals surface area contributed by atoms with Crippen LogP contribution >= 0.6 is 0 Å². The summed E-state index contributed by atoms with van der Waals surface area (Å²) >= 11 is 0. The number of likely N-dealkylation sites (tertiary alicyclic amines) is 3. The van der Waals surface area contributed by atoms with E-state index in [1.54, 1.807) is 21.3 Å². The lowest BCUT2D eigenvalue weighted by Crippen LogP contribution is -2.57. The van der Waals surface area contributed by atoms with Crippen LogP contribution in [0.3, 0.4) is 0 Å². The number of nitrogens with zero attached hydrogens (tertiary/aromatic N) is 4. The van der Waals surface area contributed by atoms with Gasteiger partial charge in [-0.2, -0.15) is 0 Å². The van der Waals surface area contributed by atoms with E-state index in [9.17, 15) is 14.4 Å². The lowest BCUT2D eigenvalue weighted by molar-refractivity contribution is -0.134. The minimum Gasteiger partial charge on any atom is -0.497 e. The molecule has 3 aliphatic rings. The van der Waals surface area contributed by atoms with Gasteiger partial charge in [-0.05, 0) is 161 Å². The third-order valence-electron chi connectivity index (χ3n) is 17.5. The number of aryl methyl sites for hydroxylation is 2. The van der Waals surface area contributed by atoms with Gasteiger partial charge < -0.3 is 43.7 Å². The van der Waals surface area contributed by atoms with Gasteiger partial charge in [0.25, 0.3) is 5.91 Å². The molecule has 434 valence electrons. The normalized spacial score (nSPS) is 17.5. The third-order valence-corrected chi connectivity index (χ3v) is 17.5. The van der Waals surface area contributed by atoms with Crippen LogP contribution in [0.1, 0.15) is 116 Å². The monoisotopic (exact) mass is 1110 g/mol. The number of carbonyl (C=O) groups is 3. The minimum absolute atomic E-state index is 0.00343. The number of anilines is 2. The predicted molar refractivity (Wildman–Crippen MR) is 324 cm³/mol. The Bertz CT molecular complexity index is 2910. The van der Waals surface area contributed by atoms with Gasteiger partial charge in [-0.25, -0.2) is 0 Å². The Balaban J connectivity index is 0.701. The number of amides is 3. The zero-order chi connectivity index (χ0) is 57.5. The van der Waals surface area contributed by atoms with Gasteiger partial charge in [-0.15, -0.1) is 0 Å². The summed E-state index contributed by atoms with van der Waals surface area (Å²) in [6, 6.07) is 51.5. The van der Waals surface area contributed by atoms with Crippen LogP contribution in [0, 0.1) is 13.8 Å². The van der Waals surface area contributed by atoms with Gasteiger partial charge in [0.2, 0.25) is 11.8 Å². The molecule has 0 spiro atoms. The van der Waals surface area contributed by atoms with Crippen molar-refractivity contribution in [1.29, 1.82) is 0 Å². The maximum Gasteiger partial charge on any atom is 0.254 e. The van der Waals surface area contributed by atoms with Crippen LogP contribution in [0.4, 0.5) is 11.4 Å². The molecule has 0 aliphatic carbocycles. The molecule has 9 rings (SSSR count). The fourth-order valence-corrected chi connectivity index (χ4v) is 12.6. The van der Waals surface area contributed by atoms with E-state index < -0.39 is 5.60 Å². The number of hydrogen-bond donors (Lipinski definition) is 1. The number of hydrogen-bond acceptors (Lipinski definition) is 10. The Hall–Kier alpha value is -7.19. The molecule has 3 heterocycles. The standard InChI is InChI=1S/C69H85N5O8/c1-51-18-16-19-52(2)66(51)67(77)71-45-40-68(3,41-46-71)72-43-38-58(39-44-72)74(56-22-12-8-13-23-56)57-30-36-62(37-31-57)81-47-17-24-64(75)70-42-15-9-14-25-65(76)73-49-63(80-6)48-59(73)50-82-69(53-20-10-7-11-21-53,54-26-32-60(78-4)33-27-54)55-28-34-61(79-5)35-29-55/h7-8,10-13,16,18-23,26-37,58-59,63H,9,14-15,17,24-25,38-50H2,1-6H3,(H,70,75)/t59-,63+/m0/s1. The van der Waals surface area contributed by atoms with E-state index >= 15 is 0 Å². The van der Waals surface area contributed by atoms with Crippen molar-refractivity contribution in [3.05, 3.63) is 185 Å². The lowest BCUT2D eigenvalue weighted by Gasteiger charge is -2.50. The van der Waals surface area contributed by atoms with Gasteiger partial charge in [-0.3, -0.25) is 19.3 Å². The van der Waals surface area contributed by atoms with Crippen LogP contribution in [0.25, 0.3) is 0 Å². The largest absolute Gasteiger partial charge is 0.497 e. The molecule has 13 nitrogen and oxygen atoms in total. The minimum atomic E-state index is -0.997. The van der Waals surface area contributed by atoms with Gasteiger partial charge in [0, 0.05) is 87.7 Å². The molecular formula is C69H85N5O8. The molecule has 3 amide bonds. The molecule has 0 unspecified atom stereocenters. The van der Waals surface area contributed by atoms with E-state index in [2.05, 4.69) is 81.5 Å². The highest BCUT2D eigenvalue weighted by Crippen LogP contribution is 2.43. The molecule has 3 fully saturated rings. The Kier molecular flexibility index (Phi) is 20.4. The molecule has 6 aromatic carbocycles. The topological polar surface area (TPSA) is 122 Å². The number of nitrogens with one attached hydrogen (secondary N) is 1. The first kappa shape index (κ1) is 59.4. The second kappa shape index (κ2) is 28.2. The first-order valence-corrected chi connectivity index (χ1v) is 29.7. The molecule has 3 aliphatic heterocycles. The number of carbonyl (C=O) groups excluding carboxylic acids is 3. The SMILES string of the molecule is COc1ccc(C(OC[C@@H]2C[C@@H](OC)CN2C(=O)CCCCCNC(=O)CCCOc2ccc(N(c3ccccc3)C3CCN(C4(C)CCN(C(=O)c5c(C)cccc5C)CC4)CC3)cc2)(c2ccccc2)c2ccc(OC)cc2)cc1. The van der Waals surface area contributed by atoms with Crippen LogP contribution in [0.15, 0.2) is 152 Å². The van der Waals surface area contributed by atoms with Crippen molar-refractivity contribution in [3.8, 4) is 17.2 Å². The number of benzene rings is 6. The molecule has 0 saturated carbocycles. The molecule has 6 aromatic rings. The van der Waals surface area contributed by atoms with E-state index in [0.29, 0.717) is 58.0 Å². The number of para-hydroxylation sites is 1. The van der Waals surface area contributed by atoms with Gasteiger partial charge in [0.05, 0.1) is 39.6 Å². The van der Waals surface area contributed by atoms with Crippen molar-refractivity contribution < 1.29 is 38.1 Å². The quantitative estimate of drug-likeness (QED) is 0.0438. The molecule has 82 heavy (non-hydrogen) atoms. The van der Waals surface area contributed by atoms with Crippen molar-refractivity contribution in [2.24, 2.45) is 0 Å². The van der Waals surface area contributed by atoms with Crippen molar-refractivity contribution >= 4 is 29.1 Å². The average molecular weight is 1110 g/mol. The fraction of sp³-hybridized carbons (Fsp3) is 0.435. The summed E-state index contributed by atoms with van der Waals surface area (Å²) in [6.07, 6.45) is 8.31. The van der Waals surface area contributed by atoms with Gasteiger partial charge in [0.1, 0.15) is 22.8 Å². The van der Waals surface area contributed by atoms with E-state index in [4.69, 9.17) is 23.7 Å². The second-order valence-electron chi connectivity index (χ2n) is 22.7. The molecule has 3 saturated heterocycles. The Morgan fingerprint density at radius 2 is 1.21 bits per heavy atom. The summed E-state index contributed by atoms with van der Waals surface area (Å²) < 4.78 is 30.3. The van der Waals surface area contributed by atoms with E-state index in [1.165, 1.54) is 5.69 Å². The average Bonchev–Trinajstić information content (AvgIpc) is 4.00. The smallest absolute Gasteiger partial charge is 0.254 e. The molecule has 2 atom stereocenters. The molecular weight excluding hydrogens is 1030 g/mol. The van der Waals surface area contributed by atoms with Crippen LogP contribution in [0.5, 0.6) is 17.2 Å². The molecule has 0 aromatic heterocycles. The van der Waals surface area contributed by atoms with Crippen molar-refractivity contribution in [2.75, 3.05) is 78.7 Å². The zero-order valence-electron chi connectivity index (χ0n) is 49.2. The molecule has 0 bridgehead atoms. The van der Waals surface area contributed by atoms with E-state index in [0.717, 1.165) is 127 Å². The van der Waals surface area contributed by atoms with Gasteiger partial charge in [-0.1, -0.05) is 97.4 Å². The number of rotatable bonds is 25. The lowest BCUT2D eigenvalue weighted by atomic mass is 9.80. The van der Waals surface area contributed by atoms with Gasteiger partial charge >= 0.3 is 0 Å².